The van der Waals surface area contributed by atoms with Gasteiger partial charge in [-0.25, -0.2) is 4.98 Å². The van der Waals surface area contributed by atoms with Crippen molar-refractivity contribution in [2.75, 3.05) is 6.54 Å². The second-order valence-corrected chi connectivity index (χ2v) is 9.05. The number of rotatable bonds is 4. The summed E-state index contributed by atoms with van der Waals surface area (Å²) in [6, 6.07) is 2.11. The molecule has 0 aromatic carbocycles. The first-order valence-electron chi connectivity index (χ1n) is 8.56. The van der Waals surface area contributed by atoms with Crippen LogP contribution in [0, 0.1) is 5.92 Å². The summed E-state index contributed by atoms with van der Waals surface area (Å²) in [4.78, 5) is 20.8. The third-order valence-corrected chi connectivity index (χ3v) is 7.27. The van der Waals surface area contributed by atoms with Gasteiger partial charge in [-0.15, -0.1) is 22.7 Å². The molecule has 5 heteroatoms. The van der Waals surface area contributed by atoms with Gasteiger partial charge >= 0.3 is 0 Å². The number of carbonyl (C=O) groups excluding carboxylic acids is 1. The molecule has 2 aromatic rings. The zero-order valence-electron chi connectivity index (χ0n) is 13.5. The van der Waals surface area contributed by atoms with E-state index in [-0.39, 0.29) is 5.91 Å². The lowest BCUT2D eigenvalue weighted by atomic mass is 9.90. The SMILES string of the molecule is C[C@H]1CCc2sc(C(=O)NCCc3nc4c(s3)CCC4)cc2C1. The van der Waals surface area contributed by atoms with Gasteiger partial charge in [0.1, 0.15) is 0 Å². The Hall–Kier alpha value is -1.20. The van der Waals surface area contributed by atoms with Gasteiger partial charge in [0.15, 0.2) is 0 Å². The van der Waals surface area contributed by atoms with E-state index >= 15 is 0 Å². The number of thiophene rings is 1. The molecule has 23 heavy (non-hydrogen) atoms. The number of fused-ring (bicyclic) bond motifs is 2. The molecule has 0 bridgehead atoms. The minimum absolute atomic E-state index is 0.0844. The maximum absolute atomic E-state index is 12.4. The standard InChI is InChI=1S/C18H22N2OS2/c1-11-5-6-14-12(9-11)10-16(22-14)18(21)19-8-7-17-20-13-3-2-4-15(13)23-17/h10-11H,2-9H2,1H3,(H,19,21)/t11-/m0/s1. The lowest BCUT2D eigenvalue weighted by Gasteiger charge is -2.16. The fourth-order valence-corrected chi connectivity index (χ4v) is 5.82. The highest BCUT2D eigenvalue weighted by atomic mass is 32.1. The zero-order chi connectivity index (χ0) is 15.8. The normalized spacial score (nSPS) is 19.4. The van der Waals surface area contributed by atoms with E-state index in [0.29, 0.717) is 6.54 Å². The largest absolute Gasteiger partial charge is 0.351 e. The summed E-state index contributed by atoms with van der Waals surface area (Å²) in [6.07, 6.45) is 7.96. The van der Waals surface area contributed by atoms with E-state index in [2.05, 4.69) is 18.3 Å². The molecular formula is C18H22N2OS2. The molecule has 0 unspecified atom stereocenters. The van der Waals surface area contributed by atoms with Gasteiger partial charge in [-0.05, 0) is 56.1 Å². The van der Waals surface area contributed by atoms with Crippen LogP contribution < -0.4 is 5.32 Å². The molecule has 1 atom stereocenters. The summed E-state index contributed by atoms with van der Waals surface area (Å²) >= 11 is 3.52. The Morgan fingerprint density at radius 3 is 3.09 bits per heavy atom. The van der Waals surface area contributed by atoms with Crippen LogP contribution in [-0.4, -0.2) is 17.4 Å². The molecule has 0 saturated carbocycles. The Morgan fingerprint density at radius 2 is 2.22 bits per heavy atom. The van der Waals surface area contributed by atoms with E-state index in [9.17, 15) is 4.79 Å². The lowest BCUT2D eigenvalue weighted by molar-refractivity contribution is 0.0958. The van der Waals surface area contributed by atoms with Crippen molar-refractivity contribution in [2.24, 2.45) is 5.92 Å². The Kier molecular flexibility index (Phi) is 4.24. The summed E-state index contributed by atoms with van der Waals surface area (Å²) in [5.74, 6) is 0.834. The van der Waals surface area contributed by atoms with Crippen LogP contribution in [0.1, 0.15) is 55.5 Å². The molecule has 4 rings (SSSR count). The van der Waals surface area contributed by atoms with E-state index in [1.807, 2.05) is 11.3 Å². The summed E-state index contributed by atoms with van der Waals surface area (Å²) in [7, 11) is 0. The molecule has 2 aromatic heterocycles. The molecule has 2 aliphatic carbocycles. The van der Waals surface area contributed by atoms with Gasteiger partial charge in [0.25, 0.3) is 5.91 Å². The highest BCUT2D eigenvalue weighted by Crippen LogP contribution is 2.32. The van der Waals surface area contributed by atoms with E-state index in [0.717, 1.165) is 36.5 Å². The number of thiazole rings is 1. The van der Waals surface area contributed by atoms with Crippen LogP contribution in [0.25, 0.3) is 0 Å². The number of aromatic nitrogens is 1. The van der Waals surface area contributed by atoms with Crippen LogP contribution in [-0.2, 0) is 32.1 Å². The number of carbonyl (C=O) groups is 1. The van der Waals surface area contributed by atoms with Gasteiger partial charge in [-0.1, -0.05) is 6.92 Å². The number of hydrogen-bond donors (Lipinski definition) is 1. The van der Waals surface area contributed by atoms with E-state index in [4.69, 9.17) is 4.98 Å². The number of amides is 1. The van der Waals surface area contributed by atoms with Gasteiger partial charge in [-0.3, -0.25) is 4.79 Å². The molecule has 0 saturated heterocycles. The molecule has 2 heterocycles. The highest BCUT2D eigenvalue weighted by Gasteiger charge is 2.21. The zero-order valence-corrected chi connectivity index (χ0v) is 15.1. The van der Waals surface area contributed by atoms with Crippen LogP contribution in [0.5, 0.6) is 0 Å². The van der Waals surface area contributed by atoms with Gasteiger partial charge in [0.05, 0.1) is 15.6 Å². The topological polar surface area (TPSA) is 42.0 Å². The van der Waals surface area contributed by atoms with Crippen molar-refractivity contribution >= 4 is 28.6 Å². The molecule has 0 aliphatic heterocycles. The van der Waals surface area contributed by atoms with Crippen LogP contribution in [0.2, 0.25) is 0 Å². The minimum Gasteiger partial charge on any atom is -0.351 e. The number of aryl methyl sites for hydroxylation is 3. The second kappa shape index (κ2) is 6.36. The Bertz CT molecular complexity index is 710. The first kappa shape index (κ1) is 15.3. The summed E-state index contributed by atoms with van der Waals surface area (Å²) in [5, 5.41) is 4.25. The molecule has 122 valence electrons. The number of hydrogen-bond acceptors (Lipinski definition) is 4. The number of nitrogens with zero attached hydrogens (tertiary/aromatic N) is 1. The maximum Gasteiger partial charge on any atom is 0.261 e. The summed E-state index contributed by atoms with van der Waals surface area (Å²) < 4.78 is 0. The van der Waals surface area contributed by atoms with E-state index in [1.54, 1.807) is 11.3 Å². The van der Waals surface area contributed by atoms with E-state index in [1.165, 1.54) is 45.3 Å². The van der Waals surface area contributed by atoms with Crippen molar-refractivity contribution in [3.05, 3.63) is 37.0 Å². The Labute approximate surface area is 145 Å². The van der Waals surface area contributed by atoms with Crippen molar-refractivity contribution < 1.29 is 4.79 Å². The molecule has 2 aliphatic rings. The van der Waals surface area contributed by atoms with Crippen LogP contribution in [0.4, 0.5) is 0 Å². The van der Waals surface area contributed by atoms with Crippen molar-refractivity contribution in [2.45, 2.75) is 51.9 Å². The van der Waals surface area contributed by atoms with Crippen LogP contribution in [0.3, 0.4) is 0 Å². The minimum atomic E-state index is 0.0844. The average molecular weight is 347 g/mol. The van der Waals surface area contributed by atoms with Crippen molar-refractivity contribution in [3.63, 3.8) is 0 Å². The molecule has 1 amide bonds. The van der Waals surface area contributed by atoms with Gasteiger partial charge in [0.2, 0.25) is 0 Å². The van der Waals surface area contributed by atoms with Gasteiger partial charge in [0, 0.05) is 22.7 Å². The molecule has 0 spiro atoms. The third-order valence-electron chi connectivity index (χ3n) is 4.82. The average Bonchev–Trinajstić information content (AvgIpc) is 3.19. The smallest absolute Gasteiger partial charge is 0.261 e. The molecule has 0 fully saturated rings. The monoisotopic (exact) mass is 346 g/mol. The lowest BCUT2D eigenvalue weighted by Crippen LogP contribution is -2.24. The Morgan fingerprint density at radius 1 is 1.30 bits per heavy atom. The van der Waals surface area contributed by atoms with Crippen molar-refractivity contribution in [3.8, 4) is 0 Å². The first-order chi connectivity index (χ1) is 11.2. The van der Waals surface area contributed by atoms with Gasteiger partial charge < -0.3 is 5.32 Å². The van der Waals surface area contributed by atoms with Crippen molar-refractivity contribution in [1.82, 2.24) is 10.3 Å². The molecule has 3 nitrogen and oxygen atoms in total. The third kappa shape index (κ3) is 3.22. The summed E-state index contributed by atoms with van der Waals surface area (Å²) in [5.41, 5.74) is 2.70. The predicted octanol–water partition coefficient (Wildman–Crippen LogP) is 3.79. The molecule has 1 N–H and O–H groups in total. The fourth-order valence-electron chi connectivity index (χ4n) is 3.54. The van der Waals surface area contributed by atoms with Crippen molar-refractivity contribution in [1.29, 1.82) is 0 Å². The summed E-state index contributed by atoms with van der Waals surface area (Å²) in [6.45, 7) is 2.98. The van der Waals surface area contributed by atoms with Crippen LogP contribution in [0.15, 0.2) is 6.07 Å². The second-order valence-electron chi connectivity index (χ2n) is 6.74. The Balaban J connectivity index is 1.33. The molecule has 0 radical (unpaired) electrons. The van der Waals surface area contributed by atoms with Gasteiger partial charge in [-0.2, -0.15) is 0 Å². The highest BCUT2D eigenvalue weighted by molar-refractivity contribution is 7.14. The predicted molar refractivity (Wildman–Crippen MR) is 95.7 cm³/mol. The first-order valence-corrected chi connectivity index (χ1v) is 10.2. The quantitative estimate of drug-likeness (QED) is 0.915. The van der Waals surface area contributed by atoms with E-state index < -0.39 is 0 Å². The maximum atomic E-state index is 12.4. The van der Waals surface area contributed by atoms with Crippen LogP contribution >= 0.6 is 22.7 Å². The number of nitrogens with one attached hydrogen (secondary N) is 1. The fraction of sp³-hybridized carbons (Fsp3) is 0.556. The molecular weight excluding hydrogens is 324 g/mol.